The van der Waals surface area contributed by atoms with E-state index in [2.05, 4.69) is 0 Å². The molecule has 0 saturated heterocycles. The van der Waals surface area contributed by atoms with Crippen molar-refractivity contribution in [3.05, 3.63) is 0 Å². The van der Waals surface area contributed by atoms with Gasteiger partial charge in [-0.3, -0.25) is 8.51 Å². The largest absolute Gasteiger partial charge is 0.300 e. The van der Waals surface area contributed by atoms with E-state index in [1.807, 2.05) is 16.2 Å². The highest BCUT2D eigenvalue weighted by atomic mass is 32.2. The number of rotatable bonds is 4. The molecule has 0 N–H and O–H groups in total. The van der Waals surface area contributed by atoms with Crippen molar-refractivity contribution in [3.8, 4) is 0 Å². The molecule has 64 valence electrons. The fraction of sp³-hybridized carbons (Fsp3) is 0.667. The summed E-state index contributed by atoms with van der Waals surface area (Å²) in [5, 5.41) is 0. The monoisotopic (exact) mass is 209 g/mol. The van der Waals surface area contributed by atoms with Crippen LogP contribution in [0.2, 0.25) is 0 Å². The average molecular weight is 209 g/mol. The van der Waals surface area contributed by atoms with Crippen LogP contribution in [-0.2, 0) is 4.79 Å². The smallest absolute Gasteiger partial charge is 0.136 e. The molecule has 0 unspecified atom stereocenters. The van der Waals surface area contributed by atoms with Crippen molar-refractivity contribution in [2.24, 2.45) is 0 Å². The van der Waals surface area contributed by atoms with E-state index >= 15 is 0 Å². The molecule has 0 aromatic rings. The third kappa shape index (κ3) is 4.66. The SMILES string of the molecule is CSN(SC)C(=S)CC(C)=O. The highest BCUT2D eigenvalue weighted by molar-refractivity contribution is 8.13. The maximum absolute atomic E-state index is 10.7. The van der Waals surface area contributed by atoms with Crippen molar-refractivity contribution in [1.29, 1.82) is 0 Å². The van der Waals surface area contributed by atoms with E-state index in [4.69, 9.17) is 12.2 Å². The number of ketones is 1. The topological polar surface area (TPSA) is 20.3 Å². The number of hydrogen-bond donors (Lipinski definition) is 0. The Morgan fingerprint density at radius 2 is 1.91 bits per heavy atom. The van der Waals surface area contributed by atoms with E-state index in [0.717, 1.165) is 0 Å². The highest BCUT2D eigenvalue weighted by Crippen LogP contribution is 2.18. The molecular weight excluding hydrogens is 198 g/mol. The summed E-state index contributed by atoms with van der Waals surface area (Å²) in [7, 11) is 0. The summed E-state index contributed by atoms with van der Waals surface area (Å²) in [6.45, 7) is 1.55. The molecule has 0 spiro atoms. The minimum Gasteiger partial charge on any atom is -0.300 e. The number of carbonyl (C=O) groups excluding carboxylic acids is 1. The summed E-state index contributed by atoms with van der Waals surface area (Å²) in [5.41, 5.74) is 0. The fourth-order valence-electron chi connectivity index (χ4n) is 0.556. The molecule has 2 nitrogen and oxygen atoms in total. The fourth-order valence-corrected chi connectivity index (χ4v) is 2.34. The van der Waals surface area contributed by atoms with Gasteiger partial charge in [0.25, 0.3) is 0 Å². The summed E-state index contributed by atoms with van der Waals surface area (Å²) in [5.74, 6) is 0.114. The Kier molecular flexibility index (Phi) is 5.99. The molecule has 0 heterocycles. The molecule has 0 aromatic heterocycles. The van der Waals surface area contributed by atoms with Gasteiger partial charge in [-0.05, 0) is 30.8 Å². The van der Waals surface area contributed by atoms with Crippen molar-refractivity contribution in [3.63, 3.8) is 0 Å². The van der Waals surface area contributed by atoms with Gasteiger partial charge >= 0.3 is 0 Å². The lowest BCUT2D eigenvalue weighted by Gasteiger charge is -2.16. The quantitative estimate of drug-likeness (QED) is 0.521. The maximum atomic E-state index is 10.7. The van der Waals surface area contributed by atoms with Crippen molar-refractivity contribution in [1.82, 2.24) is 3.71 Å². The van der Waals surface area contributed by atoms with Gasteiger partial charge in [-0.25, -0.2) is 0 Å². The standard InChI is InChI=1S/C6H11NOS3/c1-5(8)4-6(9)7(10-2)11-3/h4H2,1-3H3. The van der Waals surface area contributed by atoms with Crippen LogP contribution >= 0.6 is 36.1 Å². The lowest BCUT2D eigenvalue weighted by Crippen LogP contribution is -2.16. The van der Waals surface area contributed by atoms with Gasteiger partial charge in [0.15, 0.2) is 0 Å². The Bertz CT molecular complexity index is 156. The second kappa shape index (κ2) is 5.85. The lowest BCUT2D eigenvalue weighted by atomic mass is 10.3. The Hall–Kier alpha value is 0.260. The number of nitrogens with zero attached hydrogens (tertiary/aromatic N) is 1. The van der Waals surface area contributed by atoms with Gasteiger partial charge < -0.3 is 0 Å². The number of Topliss-reactive ketones (excluding diaryl/α,β-unsaturated/α-hetero) is 1. The van der Waals surface area contributed by atoms with Crippen LogP contribution < -0.4 is 0 Å². The first-order valence-corrected chi connectivity index (χ1v) is 5.79. The van der Waals surface area contributed by atoms with Crippen LogP contribution in [0.25, 0.3) is 0 Å². The highest BCUT2D eigenvalue weighted by Gasteiger charge is 2.08. The Morgan fingerprint density at radius 3 is 2.18 bits per heavy atom. The van der Waals surface area contributed by atoms with E-state index in [-0.39, 0.29) is 5.78 Å². The number of carbonyl (C=O) groups is 1. The van der Waals surface area contributed by atoms with Gasteiger partial charge in [0.05, 0.1) is 6.42 Å². The average Bonchev–Trinajstić information content (AvgIpc) is 1.88. The molecule has 0 rings (SSSR count). The molecule has 0 aliphatic carbocycles. The van der Waals surface area contributed by atoms with Gasteiger partial charge in [0, 0.05) is 12.5 Å². The van der Waals surface area contributed by atoms with Crippen LogP contribution in [0, 0.1) is 0 Å². The van der Waals surface area contributed by atoms with Gasteiger partial charge in [-0.1, -0.05) is 12.2 Å². The summed E-state index contributed by atoms with van der Waals surface area (Å²) >= 11 is 8.06. The normalized spacial score (nSPS) is 9.36. The molecule has 5 heteroatoms. The Morgan fingerprint density at radius 1 is 1.45 bits per heavy atom. The van der Waals surface area contributed by atoms with Crippen LogP contribution in [0.5, 0.6) is 0 Å². The third-order valence-electron chi connectivity index (χ3n) is 0.935. The first kappa shape index (κ1) is 11.3. The first-order valence-electron chi connectivity index (χ1n) is 3.02. The zero-order valence-electron chi connectivity index (χ0n) is 6.79. The van der Waals surface area contributed by atoms with Crippen molar-refractivity contribution in [2.45, 2.75) is 13.3 Å². The molecule has 0 aliphatic rings. The van der Waals surface area contributed by atoms with Crippen molar-refractivity contribution < 1.29 is 4.79 Å². The van der Waals surface area contributed by atoms with Gasteiger partial charge in [-0.2, -0.15) is 0 Å². The maximum Gasteiger partial charge on any atom is 0.136 e. The van der Waals surface area contributed by atoms with Crippen LogP contribution in [0.4, 0.5) is 0 Å². The summed E-state index contributed by atoms with van der Waals surface area (Å²) in [6, 6.07) is 0. The predicted molar refractivity (Wildman–Crippen MR) is 56.8 cm³/mol. The zero-order valence-corrected chi connectivity index (χ0v) is 9.24. The molecule has 0 atom stereocenters. The number of hydrogen-bond acceptors (Lipinski definition) is 4. The van der Waals surface area contributed by atoms with Crippen LogP contribution in [0.3, 0.4) is 0 Å². The molecule has 11 heavy (non-hydrogen) atoms. The molecule has 0 aliphatic heterocycles. The molecule has 0 aromatic carbocycles. The first-order chi connectivity index (χ1) is 5.11. The molecular formula is C6H11NOS3. The van der Waals surface area contributed by atoms with Gasteiger partial charge in [0.2, 0.25) is 0 Å². The van der Waals surface area contributed by atoms with E-state index in [1.54, 1.807) is 6.92 Å². The summed E-state index contributed by atoms with van der Waals surface area (Å²) < 4.78 is 1.86. The van der Waals surface area contributed by atoms with Gasteiger partial charge in [-0.15, -0.1) is 0 Å². The van der Waals surface area contributed by atoms with Gasteiger partial charge in [0.1, 0.15) is 10.8 Å². The Labute approximate surface area is 81.4 Å². The van der Waals surface area contributed by atoms with Crippen molar-refractivity contribution in [2.75, 3.05) is 12.5 Å². The second-order valence-electron chi connectivity index (χ2n) is 1.89. The number of thiocarbonyl (C=S) groups is 1. The Balaban J connectivity index is 3.89. The minimum atomic E-state index is 0.114. The van der Waals surface area contributed by atoms with E-state index in [1.165, 1.54) is 23.9 Å². The van der Waals surface area contributed by atoms with Crippen molar-refractivity contribution >= 4 is 46.9 Å². The molecule has 0 bridgehead atoms. The van der Waals surface area contributed by atoms with Crippen LogP contribution in [0.1, 0.15) is 13.3 Å². The summed E-state index contributed by atoms with van der Waals surface area (Å²) in [6.07, 6.45) is 4.24. The summed E-state index contributed by atoms with van der Waals surface area (Å²) in [4.78, 5) is 11.3. The minimum absolute atomic E-state index is 0.114. The molecule has 0 saturated carbocycles. The zero-order chi connectivity index (χ0) is 8.85. The lowest BCUT2D eigenvalue weighted by molar-refractivity contribution is -0.115. The molecule has 0 radical (unpaired) electrons. The van der Waals surface area contributed by atoms with E-state index in [0.29, 0.717) is 11.4 Å². The third-order valence-corrected chi connectivity index (χ3v) is 3.49. The molecule has 0 amide bonds. The predicted octanol–water partition coefficient (Wildman–Crippen LogP) is 2.15. The van der Waals surface area contributed by atoms with E-state index in [9.17, 15) is 4.79 Å². The molecule has 0 fully saturated rings. The van der Waals surface area contributed by atoms with Crippen LogP contribution in [-0.4, -0.2) is 27.0 Å². The second-order valence-corrected chi connectivity index (χ2v) is 4.06. The van der Waals surface area contributed by atoms with Crippen LogP contribution in [0.15, 0.2) is 0 Å². The van der Waals surface area contributed by atoms with E-state index < -0.39 is 0 Å².